The lowest BCUT2D eigenvalue weighted by molar-refractivity contribution is -0.532. The number of imidazole rings is 1. The minimum atomic E-state index is 0.739. The molecule has 1 N–H and O–H groups in total. The topological polar surface area (TPSA) is 19.7 Å². The minimum absolute atomic E-state index is 0.739. The predicted molar refractivity (Wildman–Crippen MR) is 32.6 cm³/mol. The van der Waals surface area contributed by atoms with Crippen LogP contribution in [0.2, 0.25) is 0 Å². The SMILES string of the molecule is Sc1[nH]cc[n+]1S. The van der Waals surface area contributed by atoms with Crippen LogP contribution in [0, 0.1) is 0 Å². The first kappa shape index (κ1) is 5.05. The number of aromatic nitrogens is 2. The van der Waals surface area contributed by atoms with Gasteiger partial charge < -0.3 is 0 Å². The highest BCUT2D eigenvalue weighted by Crippen LogP contribution is 1.90. The van der Waals surface area contributed by atoms with Gasteiger partial charge in [0, 0.05) is 12.8 Å². The van der Waals surface area contributed by atoms with Gasteiger partial charge in [0.25, 0.3) is 0 Å². The first-order valence-corrected chi connectivity index (χ1v) is 2.62. The van der Waals surface area contributed by atoms with Gasteiger partial charge in [-0.05, 0) is 0 Å². The van der Waals surface area contributed by atoms with E-state index in [0.29, 0.717) is 0 Å². The Morgan fingerprint density at radius 2 is 2.43 bits per heavy atom. The van der Waals surface area contributed by atoms with Crippen LogP contribution in [0.15, 0.2) is 17.6 Å². The molecule has 0 aliphatic rings. The third-order valence-electron chi connectivity index (χ3n) is 0.645. The molecular weight excluding hydrogens is 128 g/mol. The average molecular weight is 133 g/mol. The molecule has 0 unspecified atom stereocenters. The molecule has 0 saturated heterocycles. The molecule has 7 heavy (non-hydrogen) atoms. The Bertz CT molecular complexity index is 143. The summed E-state index contributed by atoms with van der Waals surface area (Å²) in [5, 5.41) is 0.739. The smallest absolute Gasteiger partial charge is 0.237 e. The van der Waals surface area contributed by atoms with E-state index < -0.39 is 0 Å². The van der Waals surface area contributed by atoms with Crippen LogP contribution in [-0.4, -0.2) is 4.98 Å². The highest BCUT2D eigenvalue weighted by atomic mass is 32.1. The highest BCUT2D eigenvalue weighted by Gasteiger charge is 1.96. The van der Waals surface area contributed by atoms with Gasteiger partial charge in [0.15, 0.2) is 0 Å². The molecule has 0 amide bonds. The second-order valence-corrected chi connectivity index (χ2v) is 1.98. The van der Waals surface area contributed by atoms with Gasteiger partial charge in [0.2, 0.25) is 0 Å². The van der Waals surface area contributed by atoms with Crippen molar-refractivity contribution in [3.8, 4) is 0 Å². The Hall–Kier alpha value is -0.0900. The third kappa shape index (κ3) is 0.920. The number of hydrogen-bond acceptors (Lipinski definition) is 2. The third-order valence-corrected chi connectivity index (χ3v) is 1.48. The maximum atomic E-state index is 3.98. The summed E-state index contributed by atoms with van der Waals surface area (Å²) >= 11 is 7.94. The Labute approximate surface area is 52.5 Å². The molecule has 0 bridgehead atoms. The largest absolute Gasteiger partial charge is 0.324 e. The molecule has 0 saturated carbocycles. The van der Waals surface area contributed by atoms with Gasteiger partial charge in [-0.2, -0.15) is 3.97 Å². The summed E-state index contributed by atoms with van der Waals surface area (Å²) < 4.78 is 1.59. The molecule has 0 aliphatic carbocycles. The minimum Gasteiger partial charge on any atom is -0.237 e. The van der Waals surface area contributed by atoms with Crippen molar-refractivity contribution in [2.24, 2.45) is 0 Å². The van der Waals surface area contributed by atoms with Crippen molar-refractivity contribution >= 4 is 25.4 Å². The lowest BCUT2D eigenvalue weighted by Crippen LogP contribution is -2.17. The number of rotatable bonds is 0. The first-order valence-electron chi connectivity index (χ1n) is 1.78. The van der Waals surface area contributed by atoms with Crippen molar-refractivity contribution in [3.05, 3.63) is 12.4 Å². The van der Waals surface area contributed by atoms with Crippen LogP contribution in [0.3, 0.4) is 0 Å². The van der Waals surface area contributed by atoms with Gasteiger partial charge in [-0.1, -0.05) is 12.6 Å². The van der Waals surface area contributed by atoms with Crippen LogP contribution in [0.1, 0.15) is 0 Å². The molecule has 0 atom stereocenters. The zero-order valence-corrected chi connectivity index (χ0v) is 5.29. The average Bonchev–Trinajstić information content (AvgIpc) is 1.91. The van der Waals surface area contributed by atoms with Gasteiger partial charge in [0.05, 0.1) is 0 Å². The first-order chi connectivity index (χ1) is 3.30. The Morgan fingerprint density at radius 3 is 2.57 bits per heavy atom. The summed E-state index contributed by atoms with van der Waals surface area (Å²) in [6, 6.07) is 0. The second kappa shape index (κ2) is 1.79. The number of H-pyrrole nitrogens is 1. The molecule has 1 aromatic heterocycles. The van der Waals surface area contributed by atoms with E-state index >= 15 is 0 Å². The Kier molecular flexibility index (Phi) is 1.30. The van der Waals surface area contributed by atoms with E-state index in [1.54, 1.807) is 16.4 Å². The number of aromatic amines is 1. The van der Waals surface area contributed by atoms with Crippen molar-refractivity contribution in [1.82, 2.24) is 4.98 Å². The molecule has 1 rings (SSSR count). The monoisotopic (exact) mass is 133 g/mol. The fraction of sp³-hybridized carbons (Fsp3) is 0. The van der Waals surface area contributed by atoms with Crippen molar-refractivity contribution in [3.63, 3.8) is 0 Å². The lowest BCUT2D eigenvalue weighted by atomic mass is 11.0. The fourth-order valence-corrected chi connectivity index (χ4v) is 0.585. The molecule has 1 aromatic rings. The van der Waals surface area contributed by atoms with Crippen molar-refractivity contribution in [1.29, 1.82) is 0 Å². The van der Waals surface area contributed by atoms with Gasteiger partial charge in [-0.3, -0.25) is 0 Å². The quantitative estimate of drug-likeness (QED) is 0.334. The van der Waals surface area contributed by atoms with E-state index in [9.17, 15) is 0 Å². The molecule has 4 heteroatoms. The summed E-state index contributed by atoms with van der Waals surface area (Å²) in [5.74, 6) is 0. The van der Waals surface area contributed by atoms with E-state index in [0.717, 1.165) is 5.16 Å². The fourth-order valence-electron chi connectivity index (χ4n) is 0.319. The van der Waals surface area contributed by atoms with Crippen LogP contribution in [0.4, 0.5) is 0 Å². The summed E-state index contributed by atoms with van der Waals surface area (Å²) in [6.07, 6.45) is 3.53. The number of nitrogens with one attached hydrogen (secondary N) is 1. The molecule has 1 heterocycles. The summed E-state index contributed by atoms with van der Waals surface area (Å²) in [5.41, 5.74) is 0. The lowest BCUT2D eigenvalue weighted by Gasteiger charge is -1.73. The summed E-state index contributed by atoms with van der Waals surface area (Å²) in [4.78, 5) is 2.82. The maximum absolute atomic E-state index is 3.98. The molecule has 0 spiro atoms. The van der Waals surface area contributed by atoms with Gasteiger partial charge in [-0.25, -0.2) is 4.98 Å². The van der Waals surface area contributed by atoms with E-state index in [2.05, 4.69) is 30.4 Å². The zero-order chi connectivity index (χ0) is 5.28. The molecule has 0 radical (unpaired) electrons. The summed E-state index contributed by atoms with van der Waals surface area (Å²) in [7, 11) is 0. The van der Waals surface area contributed by atoms with Crippen molar-refractivity contribution in [2.75, 3.05) is 0 Å². The van der Waals surface area contributed by atoms with Crippen molar-refractivity contribution < 1.29 is 3.97 Å². The van der Waals surface area contributed by atoms with Gasteiger partial charge in [-0.15, -0.1) is 0 Å². The maximum Gasteiger partial charge on any atom is 0.324 e. The number of hydrogen-bond donors (Lipinski definition) is 3. The molecule has 38 valence electrons. The van der Waals surface area contributed by atoms with Crippen LogP contribution in [0.25, 0.3) is 0 Å². The van der Waals surface area contributed by atoms with Crippen molar-refractivity contribution in [2.45, 2.75) is 5.16 Å². The van der Waals surface area contributed by atoms with Crippen LogP contribution in [-0.2, 0) is 0 Å². The highest BCUT2D eigenvalue weighted by molar-refractivity contribution is 7.80. The van der Waals surface area contributed by atoms with Gasteiger partial charge >= 0.3 is 5.16 Å². The number of thiol groups is 2. The normalized spacial score (nSPS) is 9.43. The van der Waals surface area contributed by atoms with Crippen LogP contribution >= 0.6 is 25.4 Å². The molecule has 0 aromatic carbocycles. The Balaban J connectivity index is 3.12. The molecule has 2 nitrogen and oxygen atoms in total. The number of nitrogens with zero attached hydrogens (tertiary/aromatic N) is 1. The molecule has 0 fully saturated rings. The standard InChI is InChI=1S/C3H4N2S2/c6-3-4-1-2-5(3)7/h1-2,7H,(H,4,6)/p+1. The zero-order valence-electron chi connectivity index (χ0n) is 3.50. The van der Waals surface area contributed by atoms with Crippen LogP contribution in [0.5, 0.6) is 0 Å². The summed E-state index contributed by atoms with van der Waals surface area (Å²) in [6.45, 7) is 0. The second-order valence-electron chi connectivity index (χ2n) is 1.13. The Morgan fingerprint density at radius 1 is 1.71 bits per heavy atom. The van der Waals surface area contributed by atoms with E-state index in [-0.39, 0.29) is 0 Å². The van der Waals surface area contributed by atoms with E-state index in [1.165, 1.54) is 0 Å². The van der Waals surface area contributed by atoms with Gasteiger partial charge in [0.1, 0.15) is 12.4 Å². The molecule has 0 aliphatic heterocycles. The predicted octanol–water partition coefficient (Wildman–Crippen LogP) is 0.284. The van der Waals surface area contributed by atoms with Crippen LogP contribution < -0.4 is 3.97 Å². The van der Waals surface area contributed by atoms with E-state index in [1.807, 2.05) is 0 Å². The van der Waals surface area contributed by atoms with E-state index in [4.69, 9.17) is 0 Å². The molecular formula is C3H5N2S2+.